The maximum atomic E-state index is 11.1. The average Bonchev–Trinajstić information content (AvgIpc) is 2.25. The molecule has 0 fully saturated rings. The molecule has 0 radical (unpaired) electrons. The molecule has 3 amide bonds. The molecule has 0 aromatic carbocycles. The second-order valence-corrected chi connectivity index (χ2v) is 3.34. The summed E-state index contributed by atoms with van der Waals surface area (Å²) in [7, 11) is 3.25. The Bertz CT molecular complexity index is 265. The molecule has 7 heteroatoms. The zero-order valence-corrected chi connectivity index (χ0v) is 9.58. The number of amides is 3. The third-order valence-corrected chi connectivity index (χ3v) is 1.76. The summed E-state index contributed by atoms with van der Waals surface area (Å²) >= 11 is 0. The van der Waals surface area contributed by atoms with Crippen molar-refractivity contribution in [3.8, 4) is 0 Å². The quantitative estimate of drug-likeness (QED) is 0.460. The van der Waals surface area contributed by atoms with E-state index >= 15 is 0 Å². The highest BCUT2D eigenvalue weighted by Crippen LogP contribution is 1.84. The van der Waals surface area contributed by atoms with Gasteiger partial charge in [-0.05, 0) is 0 Å². The van der Waals surface area contributed by atoms with Gasteiger partial charge in [0.2, 0.25) is 5.91 Å². The van der Waals surface area contributed by atoms with E-state index in [4.69, 9.17) is 5.73 Å². The molecule has 0 bridgehead atoms. The van der Waals surface area contributed by atoms with E-state index in [1.54, 1.807) is 14.1 Å². The molecule has 0 aliphatic heterocycles. The van der Waals surface area contributed by atoms with E-state index < -0.39 is 11.8 Å². The molecule has 0 spiro atoms. The van der Waals surface area contributed by atoms with Gasteiger partial charge in [-0.2, -0.15) is 0 Å². The molecular formula is C9H18N4O3. The lowest BCUT2D eigenvalue weighted by Gasteiger charge is -2.10. The van der Waals surface area contributed by atoms with Gasteiger partial charge in [-0.25, -0.2) is 0 Å². The van der Waals surface area contributed by atoms with Gasteiger partial charge in [0.05, 0.1) is 0 Å². The summed E-state index contributed by atoms with van der Waals surface area (Å²) in [6.45, 7) is 0.674. The van der Waals surface area contributed by atoms with Crippen LogP contribution in [0.3, 0.4) is 0 Å². The van der Waals surface area contributed by atoms with Crippen molar-refractivity contribution in [2.24, 2.45) is 5.73 Å². The van der Waals surface area contributed by atoms with Crippen molar-refractivity contribution in [1.29, 1.82) is 0 Å². The second-order valence-electron chi connectivity index (χ2n) is 3.34. The van der Waals surface area contributed by atoms with Crippen LogP contribution in [0.2, 0.25) is 0 Å². The Morgan fingerprint density at radius 2 is 1.56 bits per heavy atom. The summed E-state index contributed by atoms with van der Waals surface area (Å²) in [4.78, 5) is 34.7. The Labute approximate surface area is 94.3 Å². The molecule has 0 atom stereocenters. The van der Waals surface area contributed by atoms with Crippen molar-refractivity contribution in [2.45, 2.75) is 6.42 Å². The van der Waals surface area contributed by atoms with E-state index in [1.165, 1.54) is 4.90 Å². The summed E-state index contributed by atoms with van der Waals surface area (Å²) in [5.41, 5.74) is 5.15. The number of nitrogens with two attached hydrogens (primary N) is 1. The van der Waals surface area contributed by atoms with Crippen LogP contribution in [-0.4, -0.2) is 56.4 Å². The number of carbonyl (C=O) groups is 3. The van der Waals surface area contributed by atoms with E-state index in [-0.39, 0.29) is 32.0 Å². The first-order valence-electron chi connectivity index (χ1n) is 4.95. The Morgan fingerprint density at radius 3 is 2.00 bits per heavy atom. The lowest BCUT2D eigenvalue weighted by Crippen LogP contribution is -2.42. The third kappa shape index (κ3) is 5.97. The molecule has 0 aliphatic rings. The average molecular weight is 230 g/mol. The fourth-order valence-corrected chi connectivity index (χ4v) is 0.853. The van der Waals surface area contributed by atoms with Gasteiger partial charge in [0, 0.05) is 40.2 Å². The first kappa shape index (κ1) is 14.4. The number of hydrogen-bond donors (Lipinski definition) is 3. The van der Waals surface area contributed by atoms with Gasteiger partial charge in [-0.3, -0.25) is 14.4 Å². The maximum absolute atomic E-state index is 11.1. The molecule has 0 heterocycles. The molecule has 92 valence electrons. The SMILES string of the molecule is CN(C)C(=O)CCNC(=O)C(=O)NCCN. The standard InChI is InChI=1S/C9H18N4O3/c1-13(2)7(14)3-5-11-8(15)9(16)12-6-4-10/h3-6,10H2,1-2H3,(H,11,15)(H,12,16). The van der Waals surface area contributed by atoms with E-state index in [0.717, 1.165) is 0 Å². The minimum Gasteiger partial charge on any atom is -0.349 e. The molecule has 0 saturated heterocycles. The van der Waals surface area contributed by atoms with E-state index in [1.807, 2.05) is 0 Å². The van der Waals surface area contributed by atoms with Crippen molar-refractivity contribution >= 4 is 17.7 Å². The van der Waals surface area contributed by atoms with Gasteiger partial charge in [0.1, 0.15) is 0 Å². The molecule has 16 heavy (non-hydrogen) atoms. The fourth-order valence-electron chi connectivity index (χ4n) is 0.853. The Hall–Kier alpha value is -1.63. The lowest BCUT2D eigenvalue weighted by molar-refractivity contribution is -0.139. The van der Waals surface area contributed by atoms with Crippen molar-refractivity contribution in [1.82, 2.24) is 15.5 Å². The van der Waals surface area contributed by atoms with Crippen LogP contribution >= 0.6 is 0 Å². The Kier molecular flexibility index (Phi) is 6.86. The molecule has 4 N–H and O–H groups in total. The third-order valence-electron chi connectivity index (χ3n) is 1.76. The van der Waals surface area contributed by atoms with Crippen LogP contribution in [0.1, 0.15) is 6.42 Å². The summed E-state index contributed by atoms with van der Waals surface area (Å²) in [6, 6.07) is 0. The predicted molar refractivity (Wildman–Crippen MR) is 58.4 cm³/mol. The van der Waals surface area contributed by atoms with Crippen LogP contribution in [0.5, 0.6) is 0 Å². The molecule has 0 unspecified atom stereocenters. The topological polar surface area (TPSA) is 105 Å². The molecule has 0 rings (SSSR count). The van der Waals surface area contributed by atoms with Crippen LogP contribution in [-0.2, 0) is 14.4 Å². The second kappa shape index (κ2) is 7.63. The minimum absolute atomic E-state index is 0.109. The van der Waals surface area contributed by atoms with Gasteiger partial charge in [0.15, 0.2) is 0 Å². The highest BCUT2D eigenvalue weighted by atomic mass is 16.2. The van der Waals surface area contributed by atoms with Gasteiger partial charge < -0.3 is 21.3 Å². The Morgan fingerprint density at radius 1 is 1.06 bits per heavy atom. The molecule has 0 aromatic rings. The number of carbonyl (C=O) groups excluding carboxylic acids is 3. The smallest absolute Gasteiger partial charge is 0.309 e. The van der Waals surface area contributed by atoms with E-state index in [9.17, 15) is 14.4 Å². The maximum Gasteiger partial charge on any atom is 0.309 e. The summed E-state index contributed by atoms with van der Waals surface area (Å²) in [6.07, 6.45) is 0.170. The molecule has 7 nitrogen and oxygen atoms in total. The summed E-state index contributed by atoms with van der Waals surface area (Å²) in [5, 5.41) is 4.66. The van der Waals surface area contributed by atoms with Gasteiger partial charge in [-0.1, -0.05) is 0 Å². The molecule has 0 saturated carbocycles. The first-order valence-corrected chi connectivity index (χ1v) is 4.95. The number of nitrogens with zero attached hydrogens (tertiary/aromatic N) is 1. The van der Waals surface area contributed by atoms with Crippen molar-refractivity contribution in [2.75, 3.05) is 33.7 Å². The highest BCUT2D eigenvalue weighted by molar-refractivity contribution is 6.35. The van der Waals surface area contributed by atoms with Crippen molar-refractivity contribution < 1.29 is 14.4 Å². The number of nitrogens with one attached hydrogen (secondary N) is 2. The predicted octanol–water partition coefficient (Wildman–Crippen LogP) is -2.34. The normalized spacial score (nSPS) is 9.44. The van der Waals surface area contributed by atoms with Crippen LogP contribution in [0.25, 0.3) is 0 Å². The lowest BCUT2D eigenvalue weighted by atomic mass is 10.3. The van der Waals surface area contributed by atoms with Crippen LogP contribution in [0.15, 0.2) is 0 Å². The van der Waals surface area contributed by atoms with Crippen molar-refractivity contribution in [3.63, 3.8) is 0 Å². The molecule has 0 aliphatic carbocycles. The van der Waals surface area contributed by atoms with Gasteiger partial charge in [0.25, 0.3) is 0 Å². The van der Waals surface area contributed by atoms with Gasteiger partial charge >= 0.3 is 11.8 Å². The monoisotopic (exact) mass is 230 g/mol. The van der Waals surface area contributed by atoms with Crippen molar-refractivity contribution in [3.05, 3.63) is 0 Å². The van der Waals surface area contributed by atoms with Crippen LogP contribution in [0, 0.1) is 0 Å². The number of rotatable bonds is 5. The first-order chi connectivity index (χ1) is 7.49. The van der Waals surface area contributed by atoms with Crippen LogP contribution in [0.4, 0.5) is 0 Å². The largest absolute Gasteiger partial charge is 0.349 e. The summed E-state index contributed by atoms with van der Waals surface area (Å²) in [5.74, 6) is -1.59. The highest BCUT2D eigenvalue weighted by Gasteiger charge is 2.12. The molecule has 0 aromatic heterocycles. The number of hydrogen-bond acceptors (Lipinski definition) is 4. The molecular weight excluding hydrogens is 212 g/mol. The fraction of sp³-hybridized carbons (Fsp3) is 0.667. The zero-order valence-electron chi connectivity index (χ0n) is 9.58. The zero-order chi connectivity index (χ0) is 12.6. The minimum atomic E-state index is -0.750. The van der Waals surface area contributed by atoms with E-state index in [2.05, 4.69) is 10.6 Å². The summed E-state index contributed by atoms with van der Waals surface area (Å²) < 4.78 is 0. The Balaban J connectivity index is 3.73. The van der Waals surface area contributed by atoms with Gasteiger partial charge in [-0.15, -0.1) is 0 Å². The van der Waals surface area contributed by atoms with Crippen LogP contribution < -0.4 is 16.4 Å². The van der Waals surface area contributed by atoms with E-state index in [0.29, 0.717) is 0 Å².